The molecular weight excluding hydrogens is 234 g/mol. The Bertz CT molecular complexity index is 404. The second-order valence-electron chi connectivity index (χ2n) is 5.11. The Balaban J connectivity index is 2.91. The number of nitrogens with zero attached hydrogens (tertiary/aromatic N) is 1. The maximum Gasteiger partial charge on any atom is 0.310 e. The molecule has 0 heterocycles. The van der Waals surface area contributed by atoms with Gasteiger partial charge in [-0.2, -0.15) is 0 Å². The number of hydrogen-bond acceptors (Lipinski definition) is 3. The molecule has 1 rings (SSSR count). The van der Waals surface area contributed by atoms with E-state index in [1.165, 1.54) is 6.07 Å². The molecule has 1 aromatic rings. The second kappa shape index (κ2) is 5.31. The lowest BCUT2D eigenvalue weighted by Gasteiger charge is -2.25. The van der Waals surface area contributed by atoms with Crippen LogP contribution in [-0.2, 0) is 0 Å². The monoisotopic (exact) mass is 252 g/mol. The largest absolute Gasteiger partial charge is 0.539 e. The van der Waals surface area contributed by atoms with E-state index in [0.717, 1.165) is 6.04 Å². The zero-order valence-corrected chi connectivity index (χ0v) is 11.7. The summed E-state index contributed by atoms with van der Waals surface area (Å²) in [6, 6.07) is 8.29. The fourth-order valence-electron chi connectivity index (χ4n) is 1.96. The molecular formula is C12H18NO3Si. The minimum absolute atomic E-state index is 0.00293. The molecule has 0 fully saturated rings. The molecule has 0 aliphatic carbocycles. The first kappa shape index (κ1) is 13.7. The summed E-state index contributed by atoms with van der Waals surface area (Å²) in [4.78, 5) is 10.4. The van der Waals surface area contributed by atoms with E-state index in [9.17, 15) is 10.1 Å². The van der Waals surface area contributed by atoms with Crippen molar-refractivity contribution < 1.29 is 9.35 Å². The van der Waals surface area contributed by atoms with Gasteiger partial charge in [-0.3, -0.25) is 10.1 Å². The van der Waals surface area contributed by atoms with Crippen molar-refractivity contribution in [3.8, 4) is 5.75 Å². The highest BCUT2D eigenvalue weighted by Crippen LogP contribution is 2.30. The summed E-state index contributed by atoms with van der Waals surface area (Å²) < 4.78 is 5.88. The molecule has 1 aromatic carbocycles. The smallest absolute Gasteiger partial charge is 0.310 e. The normalized spacial score (nSPS) is 11.6. The predicted octanol–water partition coefficient (Wildman–Crippen LogP) is 3.63. The van der Waals surface area contributed by atoms with Crippen LogP contribution in [-0.4, -0.2) is 13.2 Å². The average molecular weight is 252 g/mol. The molecule has 0 bridgehead atoms. The second-order valence-corrected chi connectivity index (χ2v) is 9.24. The van der Waals surface area contributed by atoms with Crippen molar-refractivity contribution in [1.82, 2.24) is 0 Å². The van der Waals surface area contributed by atoms with Gasteiger partial charge in [0.15, 0.2) is 5.75 Å². The van der Waals surface area contributed by atoms with Crippen molar-refractivity contribution in [2.75, 3.05) is 0 Å². The molecule has 4 nitrogen and oxygen atoms in total. The number of hydrogen-bond donors (Lipinski definition) is 0. The van der Waals surface area contributed by atoms with Crippen LogP contribution in [0.4, 0.5) is 5.69 Å². The van der Waals surface area contributed by atoms with Gasteiger partial charge in [0.05, 0.1) is 4.92 Å². The maximum atomic E-state index is 10.9. The van der Waals surface area contributed by atoms with Crippen LogP contribution in [0, 0.1) is 22.1 Å². The van der Waals surface area contributed by atoms with Gasteiger partial charge in [-0.05, 0) is 37.2 Å². The highest BCUT2D eigenvalue weighted by molar-refractivity contribution is 6.71. The Morgan fingerprint density at radius 1 is 1.53 bits per heavy atom. The van der Waals surface area contributed by atoms with Crippen molar-refractivity contribution in [3.05, 3.63) is 34.4 Å². The van der Waals surface area contributed by atoms with Gasteiger partial charge >= 0.3 is 5.69 Å². The molecule has 0 unspecified atom stereocenters. The summed E-state index contributed by atoms with van der Waals surface area (Å²) in [6.07, 6.45) is 0. The fraction of sp³-hybridized carbons (Fsp3) is 0.500. The molecule has 0 aliphatic heterocycles. The quantitative estimate of drug-likeness (QED) is 0.457. The van der Waals surface area contributed by atoms with Gasteiger partial charge in [-0.15, -0.1) is 0 Å². The Kier molecular flexibility index (Phi) is 4.28. The summed E-state index contributed by atoms with van der Waals surface area (Å²) in [6.45, 7) is 8.41. The molecule has 0 aromatic heterocycles. The van der Waals surface area contributed by atoms with Gasteiger partial charge in [-0.25, -0.2) is 0 Å². The van der Waals surface area contributed by atoms with Crippen molar-refractivity contribution in [2.24, 2.45) is 5.92 Å². The zero-order valence-electron chi connectivity index (χ0n) is 10.7. The molecule has 0 spiro atoms. The van der Waals surface area contributed by atoms with Crippen LogP contribution in [0.25, 0.3) is 0 Å². The number of rotatable bonds is 5. The third kappa shape index (κ3) is 4.18. The van der Waals surface area contributed by atoms with Crippen LogP contribution in [0.5, 0.6) is 5.75 Å². The standard InChI is InChI=1S/C12H18NO3Si/c1-10(2)9-17(3,4)16-12-8-6-5-7-11(12)13(14)15/h6-8,10H,9H2,1-4H3. The number of nitro groups is 1. The Morgan fingerprint density at radius 2 is 2.18 bits per heavy atom. The molecule has 93 valence electrons. The minimum atomic E-state index is -1.90. The summed E-state index contributed by atoms with van der Waals surface area (Å²) in [7, 11) is -1.90. The molecule has 0 atom stereocenters. The van der Waals surface area contributed by atoms with Gasteiger partial charge in [-0.1, -0.05) is 19.9 Å². The van der Waals surface area contributed by atoms with Gasteiger partial charge in [0.1, 0.15) is 0 Å². The molecule has 0 saturated carbocycles. The molecule has 0 N–H and O–H groups in total. The molecule has 1 radical (unpaired) electrons. The van der Waals surface area contributed by atoms with E-state index >= 15 is 0 Å². The highest BCUT2D eigenvalue weighted by atomic mass is 28.4. The van der Waals surface area contributed by atoms with Crippen LogP contribution in [0.1, 0.15) is 13.8 Å². The minimum Gasteiger partial charge on any atom is -0.539 e. The predicted molar refractivity (Wildman–Crippen MR) is 69.7 cm³/mol. The number of benzene rings is 1. The van der Waals surface area contributed by atoms with Gasteiger partial charge in [0.25, 0.3) is 0 Å². The van der Waals surface area contributed by atoms with Crippen LogP contribution in [0.15, 0.2) is 18.2 Å². The van der Waals surface area contributed by atoms with E-state index < -0.39 is 13.2 Å². The van der Waals surface area contributed by atoms with Gasteiger partial charge in [0.2, 0.25) is 8.32 Å². The van der Waals surface area contributed by atoms with Crippen LogP contribution < -0.4 is 4.43 Å². The van der Waals surface area contributed by atoms with E-state index in [-0.39, 0.29) is 5.69 Å². The Hall–Kier alpha value is -1.36. The van der Waals surface area contributed by atoms with Crippen molar-refractivity contribution in [3.63, 3.8) is 0 Å². The first-order valence-electron chi connectivity index (χ1n) is 5.65. The van der Waals surface area contributed by atoms with Crippen molar-refractivity contribution in [2.45, 2.75) is 33.0 Å². The maximum absolute atomic E-state index is 10.9. The van der Waals surface area contributed by atoms with E-state index in [1.54, 1.807) is 12.1 Å². The molecule has 17 heavy (non-hydrogen) atoms. The summed E-state index contributed by atoms with van der Waals surface area (Å²) in [5.74, 6) is 0.900. The van der Waals surface area contributed by atoms with Crippen LogP contribution >= 0.6 is 0 Å². The molecule has 0 aliphatic rings. The molecule has 0 saturated heterocycles. The first-order chi connectivity index (χ1) is 7.82. The SMILES string of the molecule is CC(C)C[Si](C)(C)Oc1cc[c]cc1[N+](=O)[O-]. The summed E-state index contributed by atoms with van der Waals surface area (Å²) in [5, 5.41) is 10.9. The lowest BCUT2D eigenvalue weighted by Crippen LogP contribution is -2.35. The summed E-state index contributed by atoms with van der Waals surface area (Å²) in [5.41, 5.74) is -0.00293. The van der Waals surface area contributed by atoms with Crippen LogP contribution in [0.3, 0.4) is 0 Å². The first-order valence-corrected chi connectivity index (χ1v) is 8.77. The third-order valence-electron chi connectivity index (χ3n) is 2.29. The van der Waals surface area contributed by atoms with Gasteiger partial charge in [0, 0.05) is 6.07 Å². The third-order valence-corrected chi connectivity index (χ3v) is 4.86. The molecule has 5 heteroatoms. The average Bonchev–Trinajstić information content (AvgIpc) is 2.14. The van der Waals surface area contributed by atoms with Crippen molar-refractivity contribution >= 4 is 14.0 Å². The zero-order chi connectivity index (χ0) is 13.1. The topological polar surface area (TPSA) is 52.4 Å². The van der Waals surface area contributed by atoms with E-state index in [0.29, 0.717) is 11.7 Å². The molecule has 0 amide bonds. The number of nitro benzene ring substituents is 1. The highest BCUT2D eigenvalue weighted by Gasteiger charge is 2.28. The Morgan fingerprint density at radius 3 is 2.71 bits per heavy atom. The van der Waals surface area contributed by atoms with Gasteiger partial charge < -0.3 is 4.43 Å². The lowest BCUT2D eigenvalue weighted by molar-refractivity contribution is -0.385. The van der Waals surface area contributed by atoms with E-state index in [2.05, 4.69) is 33.0 Å². The lowest BCUT2D eigenvalue weighted by atomic mass is 10.3. The van der Waals surface area contributed by atoms with E-state index in [1.807, 2.05) is 0 Å². The fourth-order valence-corrected chi connectivity index (χ4v) is 4.78. The van der Waals surface area contributed by atoms with Crippen molar-refractivity contribution in [1.29, 1.82) is 0 Å². The Labute approximate surface area is 103 Å². The van der Waals surface area contributed by atoms with E-state index in [4.69, 9.17) is 4.43 Å². The summed E-state index contributed by atoms with van der Waals surface area (Å²) >= 11 is 0. The van der Waals surface area contributed by atoms with Crippen LogP contribution in [0.2, 0.25) is 19.1 Å².